The Bertz CT molecular complexity index is 1180. The number of nitro groups is 6. The van der Waals surface area contributed by atoms with Crippen molar-refractivity contribution in [2.75, 3.05) is 0 Å². The van der Waals surface area contributed by atoms with Crippen molar-refractivity contribution in [1.29, 1.82) is 0 Å². The number of nitro benzene ring substituents is 6. The zero-order chi connectivity index (χ0) is 24.7. The van der Waals surface area contributed by atoms with Crippen LogP contribution in [0.15, 0.2) is 12.1 Å². The first-order valence-corrected chi connectivity index (χ1v) is 8.07. The Morgan fingerprint density at radius 1 is 0.469 bits per heavy atom. The molecular formula is C12H2Cl2N6O12. The largest absolute Gasteiger partial charge is 0.310 e. The molecule has 0 spiro atoms. The molecule has 0 aliphatic carbocycles. The van der Waals surface area contributed by atoms with Gasteiger partial charge in [0, 0.05) is 0 Å². The second kappa shape index (κ2) is 8.28. The van der Waals surface area contributed by atoms with Crippen LogP contribution in [0.25, 0.3) is 11.1 Å². The minimum absolute atomic E-state index is 0.0907. The van der Waals surface area contributed by atoms with Crippen LogP contribution in [0.5, 0.6) is 0 Å². The lowest BCUT2D eigenvalue weighted by Gasteiger charge is -2.09. The van der Waals surface area contributed by atoms with Gasteiger partial charge in [-0.2, -0.15) is 0 Å². The number of hydrogen-bond acceptors (Lipinski definition) is 12. The van der Waals surface area contributed by atoms with Gasteiger partial charge in [0.15, 0.2) is 21.2 Å². The van der Waals surface area contributed by atoms with Crippen LogP contribution in [-0.2, 0) is 0 Å². The Balaban J connectivity index is 3.37. The van der Waals surface area contributed by atoms with Crippen LogP contribution in [-0.4, -0.2) is 29.5 Å². The fourth-order valence-electron chi connectivity index (χ4n) is 2.62. The molecule has 0 saturated carbocycles. The van der Waals surface area contributed by atoms with Gasteiger partial charge in [-0.15, -0.1) is 0 Å². The summed E-state index contributed by atoms with van der Waals surface area (Å²) in [5, 5.41) is 65.7. The maximum atomic E-state index is 11.6. The highest BCUT2D eigenvalue weighted by molar-refractivity contribution is 6.37. The fraction of sp³-hybridized carbons (Fsp3) is 0. The third-order valence-corrected chi connectivity index (χ3v) is 4.55. The molecule has 166 valence electrons. The number of nitrogens with zero attached hydrogens (tertiary/aromatic N) is 6. The fourth-order valence-corrected chi connectivity index (χ4v) is 3.20. The molecule has 0 bridgehead atoms. The first-order chi connectivity index (χ1) is 14.7. The van der Waals surface area contributed by atoms with E-state index in [1.165, 1.54) is 0 Å². The molecule has 2 aromatic carbocycles. The number of benzene rings is 2. The molecule has 2 rings (SSSR count). The Morgan fingerprint density at radius 2 is 0.719 bits per heavy atom. The van der Waals surface area contributed by atoms with E-state index in [1.807, 2.05) is 0 Å². The quantitative estimate of drug-likeness (QED) is 0.390. The van der Waals surface area contributed by atoms with Gasteiger partial charge >= 0.3 is 22.7 Å². The lowest BCUT2D eigenvalue weighted by molar-refractivity contribution is -0.405. The molecule has 0 N–H and O–H groups in total. The smallest absolute Gasteiger partial charge is 0.258 e. The summed E-state index contributed by atoms with van der Waals surface area (Å²) in [5.41, 5.74) is -12.1. The molecule has 0 fully saturated rings. The minimum Gasteiger partial charge on any atom is -0.258 e. The number of rotatable bonds is 7. The molecule has 0 amide bonds. The van der Waals surface area contributed by atoms with Gasteiger partial charge in [0.1, 0.15) is 0 Å². The monoisotopic (exact) mass is 492 g/mol. The van der Waals surface area contributed by atoms with E-state index < -0.39 is 84.8 Å². The maximum absolute atomic E-state index is 11.6. The topological polar surface area (TPSA) is 259 Å². The summed E-state index contributed by atoms with van der Waals surface area (Å²) in [5.74, 6) is 0. The van der Waals surface area contributed by atoms with Gasteiger partial charge < -0.3 is 0 Å². The average molecular weight is 493 g/mol. The summed E-state index contributed by atoms with van der Waals surface area (Å²) in [7, 11) is 0. The summed E-state index contributed by atoms with van der Waals surface area (Å²) in [6.45, 7) is 0. The zero-order valence-electron chi connectivity index (χ0n) is 14.5. The molecule has 0 saturated heterocycles. The molecule has 20 heteroatoms. The van der Waals surface area contributed by atoms with E-state index in [1.54, 1.807) is 0 Å². The van der Waals surface area contributed by atoms with Gasteiger partial charge in [0.05, 0.1) is 41.7 Å². The predicted octanol–water partition coefficient (Wildman–Crippen LogP) is 4.11. The SMILES string of the molecule is O=[N+]([O-])c1cc([N+](=O)[O-])c(-c2c([N+](=O)[O-])cc([N+](=O)[O-])c(Cl)c2[N+](=O)[O-])c([N+](=O)[O-])c1Cl. The van der Waals surface area contributed by atoms with Crippen molar-refractivity contribution >= 4 is 57.3 Å². The maximum Gasteiger partial charge on any atom is 0.310 e. The standard InChI is InChI=1S/C12H2Cl2N6O12/c13-9-5(17(25)26)1-3(15(21)22)7(11(9)19(29)30)8-4(16(23)24)2-6(18(27)28)10(14)12(8)20(31)32/h1-2H. The van der Waals surface area contributed by atoms with Gasteiger partial charge in [-0.3, -0.25) is 60.7 Å². The molecule has 18 nitrogen and oxygen atoms in total. The van der Waals surface area contributed by atoms with Crippen LogP contribution in [0.4, 0.5) is 34.1 Å². The first-order valence-electron chi connectivity index (χ1n) is 7.32. The number of hydrogen-bond donors (Lipinski definition) is 0. The molecule has 0 aliphatic rings. The van der Waals surface area contributed by atoms with Crippen LogP contribution in [0.2, 0.25) is 10.0 Å². The normalized spacial score (nSPS) is 10.4. The van der Waals surface area contributed by atoms with Crippen LogP contribution in [0, 0.1) is 60.7 Å². The van der Waals surface area contributed by atoms with Crippen molar-refractivity contribution in [2.45, 2.75) is 0 Å². The molecule has 0 aliphatic heterocycles. The van der Waals surface area contributed by atoms with E-state index in [-0.39, 0.29) is 12.1 Å². The van der Waals surface area contributed by atoms with Crippen LogP contribution < -0.4 is 0 Å². The Kier molecular flexibility index (Phi) is 6.13. The van der Waals surface area contributed by atoms with E-state index in [0.717, 1.165) is 0 Å². The lowest BCUT2D eigenvalue weighted by Crippen LogP contribution is -2.07. The summed E-state index contributed by atoms with van der Waals surface area (Å²) in [6, 6.07) is 0.181. The highest BCUT2D eigenvalue weighted by atomic mass is 35.5. The van der Waals surface area contributed by atoms with E-state index in [0.29, 0.717) is 0 Å². The zero-order valence-corrected chi connectivity index (χ0v) is 16.0. The van der Waals surface area contributed by atoms with Crippen molar-refractivity contribution in [3.63, 3.8) is 0 Å². The Morgan fingerprint density at radius 3 is 0.906 bits per heavy atom. The van der Waals surface area contributed by atoms with Gasteiger partial charge in [-0.05, 0) is 0 Å². The molecule has 0 atom stereocenters. The summed E-state index contributed by atoms with van der Waals surface area (Å²) in [6.07, 6.45) is 0. The second-order valence-electron chi connectivity index (χ2n) is 5.45. The van der Waals surface area contributed by atoms with Crippen molar-refractivity contribution < 1.29 is 29.5 Å². The Hall–Kier alpha value is -4.58. The highest BCUT2D eigenvalue weighted by Gasteiger charge is 2.46. The summed E-state index contributed by atoms with van der Waals surface area (Å²) in [4.78, 5) is 59.8. The molecule has 0 radical (unpaired) electrons. The average Bonchev–Trinajstić information content (AvgIpc) is 2.65. The molecule has 0 unspecified atom stereocenters. The summed E-state index contributed by atoms with van der Waals surface area (Å²) >= 11 is 11.3. The highest BCUT2D eigenvalue weighted by Crippen LogP contribution is 2.55. The van der Waals surface area contributed by atoms with Crippen LogP contribution in [0.1, 0.15) is 0 Å². The molecule has 0 heterocycles. The van der Waals surface area contributed by atoms with Crippen LogP contribution in [0.3, 0.4) is 0 Å². The lowest BCUT2D eigenvalue weighted by atomic mass is 9.96. The Labute approximate surface area is 181 Å². The number of halogens is 2. The van der Waals surface area contributed by atoms with E-state index in [4.69, 9.17) is 23.2 Å². The minimum atomic E-state index is -1.66. The third kappa shape index (κ3) is 3.77. The molecule has 0 aromatic heterocycles. The predicted molar refractivity (Wildman–Crippen MR) is 102 cm³/mol. The van der Waals surface area contributed by atoms with E-state index >= 15 is 0 Å². The molecular weight excluding hydrogens is 491 g/mol. The van der Waals surface area contributed by atoms with E-state index in [2.05, 4.69) is 0 Å². The van der Waals surface area contributed by atoms with Crippen LogP contribution >= 0.6 is 23.2 Å². The van der Waals surface area contributed by atoms with Crippen molar-refractivity contribution in [1.82, 2.24) is 0 Å². The van der Waals surface area contributed by atoms with Crippen molar-refractivity contribution in [3.8, 4) is 11.1 Å². The van der Waals surface area contributed by atoms with Gasteiger partial charge in [0.2, 0.25) is 0 Å². The summed E-state index contributed by atoms with van der Waals surface area (Å²) < 4.78 is 0. The van der Waals surface area contributed by atoms with E-state index in [9.17, 15) is 60.7 Å². The van der Waals surface area contributed by atoms with Gasteiger partial charge in [-0.25, -0.2) is 0 Å². The first kappa shape index (κ1) is 23.7. The van der Waals surface area contributed by atoms with Gasteiger partial charge in [-0.1, -0.05) is 23.2 Å². The van der Waals surface area contributed by atoms with Crippen molar-refractivity contribution in [2.24, 2.45) is 0 Å². The van der Waals surface area contributed by atoms with Gasteiger partial charge in [0.25, 0.3) is 11.4 Å². The second-order valence-corrected chi connectivity index (χ2v) is 6.20. The molecule has 32 heavy (non-hydrogen) atoms. The third-order valence-electron chi connectivity index (χ3n) is 3.80. The van der Waals surface area contributed by atoms with Crippen molar-refractivity contribution in [3.05, 3.63) is 82.9 Å². The molecule has 2 aromatic rings.